The molecule has 7 heteroatoms. The molecule has 6 nitrogen and oxygen atoms in total. The third kappa shape index (κ3) is 5.71. The number of amides is 1. The van der Waals surface area contributed by atoms with Crippen LogP contribution in [0.1, 0.15) is 47.6 Å². The molecule has 0 aromatic carbocycles. The average molecular weight is 311 g/mol. The van der Waals surface area contributed by atoms with Gasteiger partial charge in [-0.2, -0.15) is 0 Å². The number of aryl methyl sites for hydroxylation is 2. The Morgan fingerprint density at radius 1 is 1.19 bits per heavy atom. The summed E-state index contributed by atoms with van der Waals surface area (Å²) >= 11 is 1.43. The number of aliphatic carboxylic acids is 1. The number of carbonyl (C=O) groups is 2. The lowest BCUT2D eigenvalue weighted by molar-refractivity contribution is -0.137. The number of carbonyl (C=O) groups excluding carboxylic acids is 1. The van der Waals surface area contributed by atoms with E-state index in [4.69, 9.17) is 5.11 Å². The molecule has 0 saturated heterocycles. The van der Waals surface area contributed by atoms with Gasteiger partial charge in [-0.25, -0.2) is 9.97 Å². The number of carboxylic acids is 1. The van der Waals surface area contributed by atoms with Crippen molar-refractivity contribution in [2.24, 2.45) is 0 Å². The van der Waals surface area contributed by atoms with Crippen molar-refractivity contribution in [2.75, 3.05) is 12.8 Å². The van der Waals surface area contributed by atoms with Crippen LogP contribution in [0, 0.1) is 13.8 Å². The maximum Gasteiger partial charge on any atom is 0.303 e. The number of thioether (sulfide) groups is 1. The fourth-order valence-electron chi connectivity index (χ4n) is 1.96. The van der Waals surface area contributed by atoms with Crippen LogP contribution >= 0.6 is 11.8 Å². The summed E-state index contributed by atoms with van der Waals surface area (Å²) in [5.41, 5.74) is 1.20. The topological polar surface area (TPSA) is 92.2 Å². The number of nitrogens with one attached hydrogen (secondary N) is 1. The molecule has 0 atom stereocenters. The van der Waals surface area contributed by atoms with Crippen molar-refractivity contribution < 1.29 is 14.7 Å². The number of carboxylic acid groups (broad SMARTS) is 1. The normalized spacial score (nSPS) is 10.4. The zero-order valence-corrected chi connectivity index (χ0v) is 13.4. The molecule has 0 bridgehead atoms. The molecule has 1 aromatic rings. The molecule has 0 aliphatic carbocycles. The van der Waals surface area contributed by atoms with E-state index in [-0.39, 0.29) is 12.3 Å². The van der Waals surface area contributed by atoms with E-state index in [0.717, 1.165) is 12.8 Å². The highest BCUT2D eigenvalue weighted by molar-refractivity contribution is 7.98. The Kier molecular flexibility index (Phi) is 7.14. The van der Waals surface area contributed by atoms with E-state index in [9.17, 15) is 9.59 Å². The van der Waals surface area contributed by atoms with Gasteiger partial charge in [0.15, 0.2) is 0 Å². The largest absolute Gasteiger partial charge is 0.481 e. The van der Waals surface area contributed by atoms with Crippen LogP contribution in [0.4, 0.5) is 0 Å². The van der Waals surface area contributed by atoms with Crippen LogP contribution in [0.2, 0.25) is 0 Å². The molecule has 2 N–H and O–H groups in total. The quantitative estimate of drug-likeness (QED) is 0.434. The summed E-state index contributed by atoms with van der Waals surface area (Å²) < 4.78 is 0. The Bertz CT molecular complexity index is 520. The molecule has 0 aliphatic heterocycles. The van der Waals surface area contributed by atoms with E-state index in [0.29, 0.717) is 35.1 Å². The second kappa shape index (κ2) is 8.61. The summed E-state index contributed by atoms with van der Waals surface area (Å²) in [5, 5.41) is 12.1. The number of nitrogens with zero attached hydrogens (tertiary/aromatic N) is 2. The van der Waals surface area contributed by atoms with Gasteiger partial charge in [-0.3, -0.25) is 9.59 Å². The van der Waals surface area contributed by atoms with Gasteiger partial charge in [-0.1, -0.05) is 6.42 Å². The lowest BCUT2D eigenvalue weighted by Crippen LogP contribution is -2.26. The fourth-order valence-corrected chi connectivity index (χ4v) is 2.63. The second-order valence-corrected chi connectivity index (χ2v) is 5.50. The maximum atomic E-state index is 12.2. The zero-order chi connectivity index (χ0) is 15.8. The van der Waals surface area contributed by atoms with Crippen LogP contribution in [-0.4, -0.2) is 39.8 Å². The smallest absolute Gasteiger partial charge is 0.303 e. The van der Waals surface area contributed by atoms with Crippen molar-refractivity contribution in [3.05, 3.63) is 17.1 Å². The third-order valence-electron chi connectivity index (χ3n) is 2.94. The Morgan fingerprint density at radius 2 is 1.90 bits per heavy atom. The Hall–Kier alpha value is -1.63. The Morgan fingerprint density at radius 3 is 2.52 bits per heavy atom. The van der Waals surface area contributed by atoms with Crippen molar-refractivity contribution >= 4 is 23.6 Å². The van der Waals surface area contributed by atoms with E-state index in [1.165, 1.54) is 11.8 Å². The molecule has 0 fully saturated rings. The van der Waals surface area contributed by atoms with Gasteiger partial charge in [0.05, 0.1) is 11.3 Å². The first-order chi connectivity index (χ1) is 9.95. The van der Waals surface area contributed by atoms with Crippen LogP contribution in [0.15, 0.2) is 5.03 Å². The molecule has 1 rings (SSSR count). The zero-order valence-electron chi connectivity index (χ0n) is 12.6. The average Bonchev–Trinajstić information content (AvgIpc) is 2.41. The number of rotatable bonds is 8. The van der Waals surface area contributed by atoms with Crippen molar-refractivity contribution in [3.8, 4) is 0 Å². The van der Waals surface area contributed by atoms with Crippen LogP contribution in [0.25, 0.3) is 0 Å². The minimum Gasteiger partial charge on any atom is -0.481 e. The Labute approximate surface area is 128 Å². The van der Waals surface area contributed by atoms with Gasteiger partial charge < -0.3 is 10.4 Å². The van der Waals surface area contributed by atoms with Gasteiger partial charge >= 0.3 is 5.97 Å². The summed E-state index contributed by atoms with van der Waals surface area (Å²) in [6.07, 6.45) is 4.23. The minimum absolute atomic E-state index is 0.171. The molecule has 0 unspecified atom stereocenters. The van der Waals surface area contributed by atoms with E-state index in [1.807, 2.05) is 6.26 Å². The summed E-state index contributed by atoms with van der Waals surface area (Å²) in [4.78, 5) is 31.1. The van der Waals surface area contributed by atoms with E-state index >= 15 is 0 Å². The molecule has 0 aliphatic rings. The predicted octanol–water partition coefficient (Wildman–Crippen LogP) is 2.19. The lowest BCUT2D eigenvalue weighted by Gasteiger charge is -2.11. The molecule has 1 aromatic heterocycles. The van der Waals surface area contributed by atoms with Crippen molar-refractivity contribution in [2.45, 2.75) is 44.6 Å². The highest BCUT2D eigenvalue weighted by atomic mass is 32.2. The van der Waals surface area contributed by atoms with Crippen LogP contribution < -0.4 is 5.32 Å². The van der Waals surface area contributed by atoms with Gasteiger partial charge in [-0.05, 0) is 32.9 Å². The SMILES string of the molecule is CSc1nc(C)nc(C)c1C(=O)NCCCCCC(=O)O. The van der Waals surface area contributed by atoms with E-state index in [1.54, 1.807) is 13.8 Å². The first-order valence-electron chi connectivity index (χ1n) is 6.85. The maximum absolute atomic E-state index is 12.2. The van der Waals surface area contributed by atoms with Crippen LogP contribution in [0.3, 0.4) is 0 Å². The van der Waals surface area contributed by atoms with Crippen molar-refractivity contribution in [3.63, 3.8) is 0 Å². The van der Waals surface area contributed by atoms with E-state index < -0.39 is 5.97 Å². The van der Waals surface area contributed by atoms with Gasteiger partial charge in [0.2, 0.25) is 0 Å². The predicted molar refractivity (Wildman–Crippen MR) is 81.7 cm³/mol. The number of aromatic nitrogens is 2. The van der Waals surface area contributed by atoms with Crippen LogP contribution in [0.5, 0.6) is 0 Å². The highest BCUT2D eigenvalue weighted by Gasteiger charge is 2.16. The molecular weight excluding hydrogens is 290 g/mol. The first kappa shape index (κ1) is 17.4. The first-order valence-corrected chi connectivity index (χ1v) is 8.07. The second-order valence-electron chi connectivity index (χ2n) is 4.70. The molecular formula is C14H21N3O3S. The summed E-state index contributed by atoms with van der Waals surface area (Å²) in [7, 11) is 0. The van der Waals surface area contributed by atoms with Gasteiger partial charge in [0, 0.05) is 13.0 Å². The number of hydrogen-bond donors (Lipinski definition) is 2. The van der Waals surface area contributed by atoms with Gasteiger partial charge in [0.1, 0.15) is 10.9 Å². The highest BCUT2D eigenvalue weighted by Crippen LogP contribution is 2.20. The van der Waals surface area contributed by atoms with E-state index in [2.05, 4.69) is 15.3 Å². The summed E-state index contributed by atoms with van der Waals surface area (Å²) in [6, 6.07) is 0. The van der Waals surface area contributed by atoms with Gasteiger partial charge in [0.25, 0.3) is 5.91 Å². The fraction of sp³-hybridized carbons (Fsp3) is 0.571. The number of hydrogen-bond acceptors (Lipinski definition) is 5. The molecule has 116 valence electrons. The molecule has 1 amide bonds. The molecule has 21 heavy (non-hydrogen) atoms. The van der Waals surface area contributed by atoms with Gasteiger partial charge in [-0.15, -0.1) is 11.8 Å². The summed E-state index contributed by atoms with van der Waals surface area (Å²) in [5.74, 6) is -0.298. The number of unbranched alkanes of at least 4 members (excludes halogenated alkanes) is 2. The van der Waals surface area contributed by atoms with Crippen LogP contribution in [-0.2, 0) is 4.79 Å². The third-order valence-corrected chi connectivity index (χ3v) is 3.62. The summed E-state index contributed by atoms with van der Waals surface area (Å²) in [6.45, 7) is 4.13. The van der Waals surface area contributed by atoms with Crippen molar-refractivity contribution in [1.29, 1.82) is 0 Å². The lowest BCUT2D eigenvalue weighted by atomic mass is 10.2. The standard InChI is InChI=1S/C14H21N3O3S/c1-9-12(14(21-3)17-10(2)16-9)13(20)15-8-6-4-5-7-11(18)19/h4-8H2,1-3H3,(H,15,20)(H,18,19). The van der Waals surface area contributed by atoms with Crippen molar-refractivity contribution in [1.82, 2.24) is 15.3 Å². The molecule has 0 spiro atoms. The minimum atomic E-state index is -0.781. The Balaban J connectivity index is 2.51. The molecule has 1 heterocycles. The molecule has 0 saturated carbocycles. The molecule has 0 radical (unpaired) electrons. The monoisotopic (exact) mass is 311 g/mol.